The van der Waals surface area contributed by atoms with Crippen LogP contribution in [0.1, 0.15) is 41.9 Å². The Bertz CT molecular complexity index is 1830. The van der Waals surface area contributed by atoms with Crippen LogP contribution in [0.5, 0.6) is 11.5 Å². The third kappa shape index (κ3) is 7.45. The minimum atomic E-state index is -2.33. The lowest BCUT2D eigenvalue weighted by molar-refractivity contribution is -0.996. The van der Waals surface area contributed by atoms with Crippen LogP contribution in [0, 0.1) is 11.3 Å². The van der Waals surface area contributed by atoms with E-state index < -0.39 is 40.4 Å². The van der Waals surface area contributed by atoms with Crippen LogP contribution in [-0.2, 0) is 27.3 Å². The van der Waals surface area contributed by atoms with E-state index in [4.69, 9.17) is 4.74 Å². The summed E-state index contributed by atoms with van der Waals surface area (Å²) in [6, 6.07) is 34.9. The van der Waals surface area contributed by atoms with E-state index in [0.29, 0.717) is 17.1 Å². The second-order valence-electron chi connectivity index (χ2n) is 11.9. The van der Waals surface area contributed by atoms with Gasteiger partial charge in [-0.1, -0.05) is 91.0 Å². The van der Waals surface area contributed by atoms with E-state index in [1.54, 1.807) is 97.1 Å². The largest absolute Gasteiger partial charge is 0.496 e. The number of carboxylic acids is 1. The lowest BCUT2D eigenvalue weighted by Crippen LogP contribution is -2.79. The highest BCUT2D eigenvalue weighted by molar-refractivity contribution is 5.89. The maximum atomic E-state index is 14.4. The average Bonchev–Trinajstić information content (AvgIpc) is 3.10. The van der Waals surface area contributed by atoms with Gasteiger partial charge in [0.2, 0.25) is 11.4 Å². The highest BCUT2D eigenvalue weighted by atomic mass is 16.5. The predicted octanol–water partition coefficient (Wildman–Crippen LogP) is 4.56. The number of amides is 3. The minimum Gasteiger partial charge on any atom is -0.496 e. The van der Waals surface area contributed by atoms with Crippen LogP contribution in [0.25, 0.3) is 0 Å². The molecule has 1 fully saturated rings. The normalized spacial score (nSPS) is 19.2. The Hall–Kier alpha value is -5.99. The molecule has 2 N–H and O–H groups in total. The van der Waals surface area contributed by atoms with E-state index in [9.17, 15) is 34.7 Å². The molecule has 49 heavy (non-hydrogen) atoms. The highest BCUT2D eigenvalue weighted by Gasteiger charge is 2.64. The Morgan fingerprint density at radius 1 is 0.898 bits per heavy atom. The van der Waals surface area contributed by atoms with Crippen molar-refractivity contribution in [1.82, 2.24) is 10.3 Å². The smallest absolute Gasteiger partial charge is 0.337 e. The lowest BCUT2D eigenvalue weighted by Gasteiger charge is -2.56. The van der Waals surface area contributed by atoms with Crippen LogP contribution in [0.2, 0.25) is 0 Å². The van der Waals surface area contributed by atoms with Crippen LogP contribution in [0.4, 0.5) is 4.79 Å². The number of benzene rings is 4. The molecule has 0 bridgehead atoms. The number of para-hydroxylation sites is 1. The van der Waals surface area contributed by atoms with Crippen LogP contribution in [0.3, 0.4) is 0 Å². The van der Waals surface area contributed by atoms with Crippen LogP contribution in [0.15, 0.2) is 115 Å². The number of nitriles is 1. The molecule has 0 aliphatic carbocycles. The first-order chi connectivity index (χ1) is 23.7. The number of carboxylic acid groups (broad SMARTS) is 2. The second kappa shape index (κ2) is 15.3. The Morgan fingerprint density at radius 3 is 2.12 bits per heavy atom. The van der Waals surface area contributed by atoms with Crippen molar-refractivity contribution in [3.63, 3.8) is 0 Å². The first-order valence-electron chi connectivity index (χ1n) is 15.9. The van der Waals surface area contributed by atoms with Gasteiger partial charge in [0.25, 0.3) is 12.0 Å². The van der Waals surface area contributed by atoms with Gasteiger partial charge in [-0.15, -0.1) is 0 Å². The van der Waals surface area contributed by atoms with Crippen molar-refractivity contribution in [2.45, 2.75) is 43.7 Å². The van der Waals surface area contributed by atoms with Crippen LogP contribution in [-0.4, -0.2) is 57.2 Å². The molecule has 1 saturated heterocycles. The Balaban J connectivity index is 1.55. The maximum Gasteiger partial charge on any atom is 0.337 e. The molecule has 5 rings (SSSR count). The van der Waals surface area contributed by atoms with Crippen molar-refractivity contribution in [3.05, 3.63) is 132 Å². The number of aliphatic carboxylic acids is 1. The summed E-state index contributed by atoms with van der Waals surface area (Å²) >= 11 is 0. The van der Waals surface area contributed by atoms with Gasteiger partial charge < -0.3 is 25.1 Å². The number of hydrogen-bond acceptors (Lipinski definition) is 7. The highest BCUT2D eigenvalue weighted by Crippen LogP contribution is 2.46. The summed E-state index contributed by atoms with van der Waals surface area (Å²) in [4.78, 5) is 54.0. The molecule has 0 radical (unpaired) electrons. The number of carbonyl (C=O) groups excluding carboxylic acids is 3. The number of nitrogens with one attached hydrogen (secondary N) is 1. The minimum absolute atomic E-state index is 0.0583. The fraction of sp³-hybridized carbons (Fsp3) is 0.237. The number of hydrogen-bond donors (Lipinski definition) is 2. The van der Waals surface area contributed by atoms with Crippen LogP contribution >= 0.6 is 0 Å². The van der Waals surface area contributed by atoms with Gasteiger partial charge in [-0.05, 0) is 41.8 Å². The van der Waals surface area contributed by atoms with Gasteiger partial charge in [0.15, 0.2) is 0 Å². The van der Waals surface area contributed by atoms with Gasteiger partial charge in [0.05, 0.1) is 12.5 Å². The van der Waals surface area contributed by atoms with Crippen molar-refractivity contribution in [3.8, 4) is 17.6 Å². The predicted molar refractivity (Wildman–Crippen MR) is 176 cm³/mol. The Morgan fingerprint density at radius 2 is 1.51 bits per heavy atom. The molecular formula is C38H36N4O7. The van der Waals surface area contributed by atoms with Crippen molar-refractivity contribution in [2.24, 2.45) is 0 Å². The second-order valence-corrected chi connectivity index (χ2v) is 11.9. The summed E-state index contributed by atoms with van der Waals surface area (Å²) in [6.45, 7) is -0.653. The summed E-state index contributed by atoms with van der Waals surface area (Å²) in [7, 11) is 0. The SMILES string of the molecule is N#C[C@H](c1cccc(Oc2ccccc2)c1)[C@]1(C(=O)O)CCC[N+](Cc2ccccc2)(C(=O)[O-])N1C(=O)CCNC(=O)Cc1ccccc1. The molecule has 0 saturated carbocycles. The molecule has 250 valence electrons. The number of nitrogens with zero attached hydrogens (tertiary/aromatic N) is 3. The van der Waals surface area contributed by atoms with E-state index in [1.807, 2.05) is 12.1 Å². The molecule has 0 aromatic heterocycles. The van der Waals surface area contributed by atoms with Crippen molar-refractivity contribution in [1.29, 1.82) is 5.26 Å². The zero-order chi connectivity index (χ0) is 34.9. The van der Waals surface area contributed by atoms with E-state index in [0.717, 1.165) is 10.6 Å². The third-order valence-corrected chi connectivity index (χ3v) is 8.73. The van der Waals surface area contributed by atoms with Gasteiger partial charge in [-0.3, -0.25) is 9.59 Å². The van der Waals surface area contributed by atoms with Crippen molar-refractivity contribution >= 4 is 23.9 Å². The number of carbonyl (C=O) groups is 4. The summed E-state index contributed by atoms with van der Waals surface area (Å²) < 4.78 is 4.78. The van der Waals surface area contributed by atoms with E-state index in [1.165, 1.54) is 6.07 Å². The Kier molecular flexibility index (Phi) is 10.7. The molecule has 3 atom stereocenters. The maximum absolute atomic E-state index is 14.4. The first-order valence-corrected chi connectivity index (χ1v) is 15.9. The van der Waals surface area contributed by atoms with E-state index >= 15 is 0 Å². The molecule has 0 spiro atoms. The Labute approximate surface area is 284 Å². The topological polar surface area (TPSA) is 160 Å². The quantitative estimate of drug-likeness (QED) is 0.209. The number of quaternary nitrogens is 1. The van der Waals surface area contributed by atoms with Gasteiger partial charge in [-0.25, -0.2) is 4.79 Å². The number of ether oxygens (including phenoxy) is 1. The molecule has 1 heterocycles. The molecule has 11 nitrogen and oxygen atoms in total. The van der Waals surface area contributed by atoms with Crippen LogP contribution < -0.4 is 15.2 Å². The molecule has 4 aromatic carbocycles. The molecular weight excluding hydrogens is 624 g/mol. The van der Waals surface area contributed by atoms with Gasteiger partial charge in [-0.2, -0.15) is 14.9 Å². The average molecular weight is 661 g/mol. The summed E-state index contributed by atoms with van der Waals surface area (Å²) in [5.74, 6) is -3.44. The van der Waals surface area contributed by atoms with Crippen molar-refractivity contribution < 1.29 is 38.7 Å². The summed E-state index contributed by atoms with van der Waals surface area (Å²) in [5, 5.41) is 38.6. The number of rotatable bonds is 12. The van der Waals surface area contributed by atoms with Crippen molar-refractivity contribution in [2.75, 3.05) is 13.1 Å². The molecule has 4 aromatic rings. The zero-order valence-corrected chi connectivity index (χ0v) is 26.7. The monoisotopic (exact) mass is 660 g/mol. The summed E-state index contributed by atoms with van der Waals surface area (Å²) in [6.07, 6.45) is -2.20. The van der Waals surface area contributed by atoms with Gasteiger partial charge in [0, 0.05) is 24.9 Å². The van der Waals surface area contributed by atoms with Gasteiger partial charge >= 0.3 is 5.97 Å². The summed E-state index contributed by atoms with van der Waals surface area (Å²) in [5.41, 5.74) is -0.824. The molecule has 1 aliphatic rings. The lowest BCUT2D eigenvalue weighted by atomic mass is 9.74. The molecule has 11 heteroatoms. The fourth-order valence-corrected chi connectivity index (χ4v) is 6.55. The van der Waals surface area contributed by atoms with E-state index in [2.05, 4.69) is 11.4 Å². The zero-order valence-electron chi connectivity index (χ0n) is 26.7. The standard InChI is InChI=1S/C38H36N4O7/c39-26-33(30-16-10-19-32(25-30)49-31-17-8-3-9-18-31)38(36(45)46)21-11-23-42(37(47)48,27-29-14-6-2-7-15-29)41(38)35(44)20-22-40-34(43)24-28-12-4-1-5-13-28/h1-10,12-19,25,33H,11,20-24,27H2,(H2-,40,43,45,46,47,48)/t33-,38+,42?/m1/s1. The third-order valence-electron chi connectivity index (χ3n) is 8.73. The molecule has 1 unspecified atom stereocenters. The fourth-order valence-electron chi connectivity index (χ4n) is 6.55. The molecule has 3 amide bonds. The van der Waals surface area contributed by atoms with E-state index in [-0.39, 0.29) is 50.4 Å². The molecule has 1 aliphatic heterocycles. The first kappa shape index (κ1) is 34.3. The van der Waals surface area contributed by atoms with Gasteiger partial charge in [0.1, 0.15) is 30.5 Å².